The molecule has 2 N–H and O–H groups in total. The van der Waals surface area contributed by atoms with Crippen molar-refractivity contribution in [3.63, 3.8) is 0 Å². The van der Waals surface area contributed by atoms with Crippen molar-refractivity contribution in [1.82, 2.24) is 0 Å². The lowest BCUT2D eigenvalue weighted by Gasteiger charge is -2.03. The quantitative estimate of drug-likeness (QED) is 0.227. The summed E-state index contributed by atoms with van der Waals surface area (Å²) in [7, 11) is 0. The molecule has 0 aliphatic rings. The molecule has 0 amide bonds. The lowest BCUT2D eigenvalue weighted by molar-refractivity contribution is -0.597. The van der Waals surface area contributed by atoms with Gasteiger partial charge in [0.2, 0.25) is 5.78 Å². The number of rotatable bonds is 6. The molecule has 0 bridgehead atoms. The number of nitrogens with zero attached hydrogens (tertiary/aromatic N) is 1. The van der Waals surface area contributed by atoms with Gasteiger partial charge >= 0.3 is 0 Å². The maximum absolute atomic E-state index is 13.3. The Bertz CT molecular complexity index is 1210. The highest BCUT2D eigenvalue weighted by Gasteiger charge is 2.29. The minimum Gasteiger partial charge on any atom is -0.392 e. The number of ketones is 1. The maximum atomic E-state index is 13.3. The number of carbonyl (C=O) groups excluding carboxylic acids is 1. The summed E-state index contributed by atoms with van der Waals surface area (Å²) in [6, 6.07) is 17.8. The molecule has 156 valence electrons. The Morgan fingerprint density at radius 1 is 1.03 bits per heavy atom. The van der Waals surface area contributed by atoms with Crippen LogP contribution in [0.2, 0.25) is 0 Å². The minimum atomic E-state index is -0.253. The zero-order chi connectivity index (χ0) is 22.0. The number of anilines is 1. The monoisotopic (exact) mass is 449 g/mol. The first-order valence-corrected chi connectivity index (χ1v) is 11.6. The van der Waals surface area contributed by atoms with E-state index in [9.17, 15) is 9.18 Å². The number of nitrogens with two attached hydrogens (primary N) is 1. The van der Waals surface area contributed by atoms with Crippen molar-refractivity contribution in [2.24, 2.45) is 0 Å². The molecule has 0 fully saturated rings. The molecular formula is C25H22FN2OS2+. The Morgan fingerprint density at radius 2 is 1.68 bits per heavy atom. The van der Waals surface area contributed by atoms with Crippen molar-refractivity contribution >= 4 is 34.6 Å². The molecule has 2 aromatic heterocycles. The number of thioether (sulfide) groups is 1. The van der Waals surface area contributed by atoms with E-state index >= 15 is 0 Å². The summed E-state index contributed by atoms with van der Waals surface area (Å²) in [6.07, 6.45) is 4.04. The van der Waals surface area contributed by atoms with Crippen molar-refractivity contribution in [2.45, 2.75) is 23.8 Å². The highest BCUT2D eigenvalue weighted by molar-refractivity contribution is 8.00. The predicted molar refractivity (Wildman–Crippen MR) is 126 cm³/mol. The van der Waals surface area contributed by atoms with Gasteiger partial charge in [-0.05, 0) is 37.6 Å². The average Bonchev–Trinajstić information content (AvgIpc) is 3.09. The summed E-state index contributed by atoms with van der Waals surface area (Å²) in [5, 5.41) is 0. The van der Waals surface area contributed by atoms with E-state index < -0.39 is 0 Å². The number of hydrogen-bond donors (Lipinski definition) is 1. The zero-order valence-electron chi connectivity index (χ0n) is 17.3. The van der Waals surface area contributed by atoms with Gasteiger partial charge in [0.1, 0.15) is 20.6 Å². The van der Waals surface area contributed by atoms with Gasteiger partial charge < -0.3 is 5.73 Å². The smallest absolute Gasteiger partial charge is 0.259 e. The number of thiophene rings is 1. The van der Waals surface area contributed by atoms with Crippen LogP contribution >= 0.6 is 23.1 Å². The topological polar surface area (TPSA) is 47.0 Å². The largest absolute Gasteiger partial charge is 0.392 e. The van der Waals surface area contributed by atoms with Crippen LogP contribution < -0.4 is 10.3 Å². The van der Waals surface area contributed by atoms with Crippen LogP contribution in [0.3, 0.4) is 0 Å². The van der Waals surface area contributed by atoms with E-state index in [0.717, 1.165) is 26.6 Å². The van der Waals surface area contributed by atoms with Crippen LogP contribution in [-0.4, -0.2) is 5.78 Å². The summed E-state index contributed by atoms with van der Waals surface area (Å²) >= 11 is 3.01. The van der Waals surface area contributed by atoms with Crippen LogP contribution in [0, 0.1) is 19.7 Å². The lowest BCUT2D eigenvalue weighted by Crippen LogP contribution is -2.32. The molecule has 0 unspecified atom stereocenters. The highest BCUT2D eigenvalue weighted by Crippen LogP contribution is 2.41. The lowest BCUT2D eigenvalue weighted by atomic mass is 10.1. The summed E-state index contributed by atoms with van der Waals surface area (Å²) in [5.74, 6) is 0.316. The number of hydrogen-bond acceptors (Lipinski definition) is 4. The molecular weight excluding hydrogens is 427 g/mol. The van der Waals surface area contributed by atoms with Gasteiger partial charge in [-0.15, -0.1) is 23.1 Å². The summed E-state index contributed by atoms with van der Waals surface area (Å²) in [6.45, 7) is 4.07. The standard InChI is InChI=1S/C25H21FN2OS2/c1-16-12-17(2)14-28(13-16)22-21(27)24(23(29)19-6-4-3-5-7-19)31-25(22)30-15-18-8-10-20(26)11-9-18/h3-14H,15H2,1-2H3,(H-,27,29)/p+1. The van der Waals surface area contributed by atoms with Crippen LogP contribution in [-0.2, 0) is 5.75 Å². The molecule has 0 atom stereocenters. The van der Waals surface area contributed by atoms with Crippen molar-refractivity contribution in [2.75, 3.05) is 5.73 Å². The first-order valence-electron chi connectivity index (χ1n) is 9.81. The maximum Gasteiger partial charge on any atom is 0.259 e. The van der Waals surface area contributed by atoms with Gasteiger partial charge in [-0.3, -0.25) is 4.79 Å². The van der Waals surface area contributed by atoms with Gasteiger partial charge in [-0.2, -0.15) is 4.57 Å². The number of benzene rings is 2. The first-order chi connectivity index (χ1) is 14.9. The number of pyridine rings is 1. The van der Waals surface area contributed by atoms with Crippen molar-refractivity contribution in [1.29, 1.82) is 0 Å². The van der Waals surface area contributed by atoms with Gasteiger partial charge in [0, 0.05) is 22.4 Å². The molecule has 0 radical (unpaired) electrons. The third kappa shape index (κ3) is 4.70. The number of aromatic nitrogens is 1. The number of aryl methyl sites for hydroxylation is 2. The van der Waals surface area contributed by atoms with E-state index in [1.807, 2.05) is 49.0 Å². The number of nitrogen functional groups attached to an aromatic ring is 1. The number of halogens is 1. The molecule has 6 heteroatoms. The Balaban J connectivity index is 1.77. The second-order valence-corrected chi connectivity index (χ2v) is 9.65. The normalized spacial score (nSPS) is 10.9. The Hall–Kier alpha value is -2.96. The van der Waals surface area contributed by atoms with Crippen LogP contribution in [0.4, 0.5) is 10.1 Å². The second kappa shape index (κ2) is 9.04. The molecule has 0 saturated heterocycles. The molecule has 31 heavy (non-hydrogen) atoms. The molecule has 3 nitrogen and oxygen atoms in total. The molecule has 2 aromatic carbocycles. The second-order valence-electron chi connectivity index (χ2n) is 7.39. The molecule has 2 heterocycles. The third-order valence-corrected chi connectivity index (χ3v) is 7.34. The molecule has 4 aromatic rings. The van der Waals surface area contributed by atoms with E-state index in [2.05, 4.69) is 6.07 Å². The van der Waals surface area contributed by atoms with Crippen LogP contribution in [0.1, 0.15) is 31.9 Å². The zero-order valence-corrected chi connectivity index (χ0v) is 18.9. The van der Waals surface area contributed by atoms with E-state index in [1.54, 1.807) is 36.0 Å². The van der Waals surface area contributed by atoms with Crippen molar-refractivity contribution in [3.05, 3.63) is 106 Å². The van der Waals surface area contributed by atoms with Gasteiger partial charge in [0.15, 0.2) is 12.4 Å². The molecule has 0 saturated carbocycles. The van der Waals surface area contributed by atoms with Crippen molar-refractivity contribution in [3.8, 4) is 5.69 Å². The van der Waals surface area contributed by atoms with Gasteiger partial charge in [0.25, 0.3) is 5.69 Å². The van der Waals surface area contributed by atoms with E-state index in [-0.39, 0.29) is 11.6 Å². The summed E-state index contributed by atoms with van der Waals surface area (Å²) in [5.41, 5.74) is 11.7. The average molecular weight is 450 g/mol. The fourth-order valence-electron chi connectivity index (χ4n) is 3.41. The minimum absolute atomic E-state index is 0.0806. The van der Waals surface area contributed by atoms with E-state index in [1.165, 1.54) is 23.5 Å². The van der Waals surface area contributed by atoms with Gasteiger partial charge in [-0.25, -0.2) is 4.39 Å². The summed E-state index contributed by atoms with van der Waals surface area (Å²) in [4.78, 5) is 13.7. The fraction of sp³-hybridized carbons (Fsp3) is 0.120. The van der Waals surface area contributed by atoms with Gasteiger partial charge in [0.05, 0.1) is 0 Å². The molecule has 0 aliphatic carbocycles. The van der Waals surface area contributed by atoms with Crippen molar-refractivity contribution < 1.29 is 13.8 Å². The van der Waals surface area contributed by atoms with Crippen LogP contribution in [0.25, 0.3) is 5.69 Å². The van der Waals surface area contributed by atoms with Crippen LogP contribution in [0.5, 0.6) is 0 Å². The van der Waals surface area contributed by atoms with Crippen LogP contribution in [0.15, 0.2) is 77.3 Å². The number of carbonyl (C=O) groups is 1. The predicted octanol–water partition coefficient (Wildman–Crippen LogP) is 5.89. The Labute approximate surface area is 189 Å². The molecule has 0 spiro atoms. The Morgan fingerprint density at radius 3 is 2.32 bits per heavy atom. The van der Waals surface area contributed by atoms with Gasteiger partial charge in [-0.1, -0.05) is 42.5 Å². The third-order valence-electron chi connectivity index (χ3n) is 4.81. The highest BCUT2D eigenvalue weighted by atomic mass is 32.2. The van der Waals surface area contributed by atoms with E-state index in [0.29, 0.717) is 21.9 Å². The molecule has 0 aliphatic heterocycles. The first kappa shape index (κ1) is 21.3. The summed E-state index contributed by atoms with van der Waals surface area (Å²) < 4.78 is 16.2. The molecule has 4 rings (SSSR count). The Kier molecular flexibility index (Phi) is 6.20. The SMILES string of the molecule is Cc1cc(C)c[n+](-c2c(SCc3ccc(F)cc3)sc(C(=O)c3ccccc3)c2N)c1. The fourth-order valence-corrected chi connectivity index (χ4v) is 5.83. The van der Waals surface area contributed by atoms with E-state index in [4.69, 9.17) is 5.73 Å².